The first-order chi connectivity index (χ1) is 8.22. The van der Waals surface area contributed by atoms with Crippen LogP contribution in [0.15, 0.2) is 18.2 Å². The van der Waals surface area contributed by atoms with Crippen LogP contribution in [-0.4, -0.2) is 17.9 Å². The normalized spacial score (nSPS) is 18.2. The molecule has 2 amide bonds. The summed E-state index contributed by atoms with van der Waals surface area (Å²) in [6, 6.07) is 5.83. The molecule has 0 radical (unpaired) electrons. The van der Waals surface area contributed by atoms with Gasteiger partial charge in [-0.1, -0.05) is 0 Å². The molecule has 1 aromatic rings. The van der Waals surface area contributed by atoms with Crippen LogP contribution in [0.5, 0.6) is 0 Å². The van der Waals surface area contributed by atoms with Crippen molar-refractivity contribution in [2.24, 2.45) is 0 Å². The third kappa shape index (κ3) is 2.16. The van der Waals surface area contributed by atoms with Crippen LogP contribution in [0.4, 0.5) is 5.69 Å². The summed E-state index contributed by atoms with van der Waals surface area (Å²) in [5.41, 5.74) is 2.57. The van der Waals surface area contributed by atoms with Crippen LogP contribution in [-0.2, 0) is 11.2 Å². The number of hydrogen-bond donors (Lipinski definition) is 2. The van der Waals surface area contributed by atoms with Crippen LogP contribution in [0.3, 0.4) is 0 Å². The molecule has 1 fully saturated rings. The van der Waals surface area contributed by atoms with E-state index in [2.05, 4.69) is 10.6 Å². The van der Waals surface area contributed by atoms with E-state index in [1.807, 2.05) is 12.1 Å². The van der Waals surface area contributed by atoms with Gasteiger partial charge in [-0.05, 0) is 43.0 Å². The second kappa shape index (κ2) is 3.87. The van der Waals surface area contributed by atoms with Gasteiger partial charge >= 0.3 is 0 Å². The second-order valence-electron chi connectivity index (χ2n) is 4.67. The van der Waals surface area contributed by atoms with E-state index in [-0.39, 0.29) is 11.8 Å². The van der Waals surface area contributed by atoms with E-state index in [4.69, 9.17) is 0 Å². The SMILES string of the molecule is O=C1CCc2cc(C(=O)NC3CC3)ccc2N1. The second-order valence-corrected chi connectivity index (χ2v) is 4.67. The van der Waals surface area contributed by atoms with Crippen molar-refractivity contribution in [3.05, 3.63) is 29.3 Å². The Bertz CT molecular complexity index is 492. The topological polar surface area (TPSA) is 58.2 Å². The number of rotatable bonds is 2. The van der Waals surface area contributed by atoms with Crippen molar-refractivity contribution in [3.8, 4) is 0 Å². The summed E-state index contributed by atoms with van der Waals surface area (Å²) in [5, 5.41) is 5.77. The predicted molar refractivity (Wildman–Crippen MR) is 63.9 cm³/mol. The van der Waals surface area contributed by atoms with Gasteiger partial charge in [0.25, 0.3) is 5.91 Å². The Hall–Kier alpha value is -1.84. The van der Waals surface area contributed by atoms with E-state index in [9.17, 15) is 9.59 Å². The van der Waals surface area contributed by atoms with Gasteiger partial charge in [0, 0.05) is 23.7 Å². The monoisotopic (exact) mass is 230 g/mol. The minimum Gasteiger partial charge on any atom is -0.349 e. The van der Waals surface area contributed by atoms with Crippen LogP contribution in [0.1, 0.15) is 35.2 Å². The Morgan fingerprint density at radius 3 is 2.88 bits per heavy atom. The zero-order chi connectivity index (χ0) is 11.8. The maximum absolute atomic E-state index is 11.8. The molecule has 17 heavy (non-hydrogen) atoms. The number of carbonyl (C=O) groups is 2. The van der Waals surface area contributed by atoms with Crippen LogP contribution in [0.2, 0.25) is 0 Å². The molecule has 0 aromatic heterocycles. The number of fused-ring (bicyclic) bond motifs is 1. The van der Waals surface area contributed by atoms with Gasteiger partial charge in [0.05, 0.1) is 0 Å². The molecule has 0 saturated heterocycles. The number of benzene rings is 1. The summed E-state index contributed by atoms with van der Waals surface area (Å²) in [5.74, 6) is 0.0416. The highest BCUT2D eigenvalue weighted by atomic mass is 16.2. The highest BCUT2D eigenvalue weighted by Crippen LogP contribution is 2.24. The lowest BCUT2D eigenvalue weighted by Gasteiger charge is -2.17. The van der Waals surface area contributed by atoms with E-state index in [1.54, 1.807) is 6.07 Å². The van der Waals surface area contributed by atoms with E-state index < -0.39 is 0 Å². The minimum atomic E-state index is -0.00722. The highest BCUT2D eigenvalue weighted by molar-refractivity contribution is 5.98. The maximum atomic E-state index is 11.8. The van der Waals surface area contributed by atoms with E-state index in [0.717, 1.165) is 24.1 Å². The van der Waals surface area contributed by atoms with Crippen molar-refractivity contribution < 1.29 is 9.59 Å². The molecule has 0 atom stereocenters. The number of hydrogen-bond acceptors (Lipinski definition) is 2. The van der Waals surface area contributed by atoms with Gasteiger partial charge in [-0.3, -0.25) is 9.59 Å². The molecule has 3 rings (SSSR count). The van der Waals surface area contributed by atoms with Crippen LogP contribution < -0.4 is 10.6 Å². The minimum absolute atomic E-state index is 0.00722. The maximum Gasteiger partial charge on any atom is 0.251 e. The lowest BCUT2D eigenvalue weighted by Crippen LogP contribution is -2.26. The van der Waals surface area contributed by atoms with Crippen molar-refractivity contribution in [2.45, 2.75) is 31.7 Å². The van der Waals surface area contributed by atoms with Crippen molar-refractivity contribution in [3.63, 3.8) is 0 Å². The standard InChI is InChI=1S/C13H14N2O2/c16-12-6-2-8-7-9(1-5-11(8)15-12)13(17)14-10-3-4-10/h1,5,7,10H,2-4,6H2,(H,14,17)(H,15,16). The molecular formula is C13H14N2O2. The summed E-state index contributed by atoms with van der Waals surface area (Å²) >= 11 is 0. The molecule has 2 N–H and O–H groups in total. The third-order valence-corrected chi connectivity index (χ3v) is 3.18. The Morgan fingerprint density at radius 1 is 1.29 bits per heavy atom. The molecule has 2 aliphatic rings. The molecule has 1 aliphatic carbocycles. The molecule has 1 heterocycles. The first-order valence-corrected chi connectivity index (χ1v) is 5.96. The molecule has 88 valence electrons. The molecule has 0 bridgehead atoms. The van der Waals surface area contributed by atoms with Gasteiger partial charge in [-0.2, -0.15) is 0 Å². The van der Waals surface area contributed by atoms with Crippen molar-refractivity contribution in [1.29, 1.82) is 0 Å². The predicted octanol–water partition coefficient (Wildman–Crippen LogP) is 1.46. The Morgan fingerprint density at radius 2 is 2.12 bits per heavy atom. The number of anilines is 1. The summed E-state index contributed by atoms with van der Waals surface area (Å²) in [6.07, 6.45) is 3.39. The van der Waals surface area contributed by atoms with E-state index in [0.29, 0.717) is 24.4 Å². The fourth-order valence-electron chi connectivity index (χ4n) is 2.02. The number of amides is 2. The summed E-state index contributed by atoms with van der Waals surface area (Å²) < 4.78 is 0. The van der Waals surface area contributed by atoms with Gasteiger partial charge in [0.15, 0.2) is 0 Å². The van der Waals surface area contributed by atoms with Crippen molar-refractivity contribution in [2.75, 3.05) is 5.32 Å². The van der Waals surface area contributed by atoms with Crippen LogP contribution >= 0.6 is 0 Å². The third-order valence-electron chi connectivity index (χ3n) is 3.18. The first kappa shape index (κ1) is 10.3. The highest BCUT2D eigenvalue weighted by Gasteiger charge is 2.24. The Labute approximate surface area is 99.4 Å². The van der Waals surface area contributed by atoms with Gasteiger partial charge < -0.3 is 10.6 Å². The molecule has 1 aliphatic heterocycles. The Kier molecular flexibility index (Phi) is 2.35. The number of nitrogens with one attached hydrogen (secondary N) is 2. The van der Waals surface area contributed by atoms with E-state index in [1.165, 1.54) is 0 Å². The van der Waals surface area contributed by atoms with E-state index >= 15 is 0 Å². The molecule has 4 heteroatoms. The zero-order valence-corrected chi connectivity index (χ0v) is 9.45. The lowest BCUT2D eigenvalue weighted by molar-refractivity contribution is -0.116. The van der Waals surface area contributed by atoms with Gasteiger partial charge in [-0.25, -0.2) is 0 Å². The van der Waals surface area contributed by atoms with Gasteiger partial charge in [-0.15, -0.1) is 0 Å². The lowest BCUT2D eigenvalue weighted by atomic mass is 10.00. The van der Waals surface area contributed by atoms with Crippen LogP contribution in [0, 0.1) is 0 Å². The van der Waals surface area contributed by atoms with Gasteiger partial charge in [0.1, 0.15) is 0 Å². The zero-order valence-electron chi connectivity index (χ0n) is 9.45. The number of aryl methyl sites for hydroxylation is 1. The van der Waals surface area contributed by atoms with Crippen LogP contribution in [0.25, 0.3) is 0 Å². The fourth-order valence-corrected chi connectivity index (χ4v) is 2.02. The molecule has 0 unspecified atom stereocenters. The average molecular weight is 230 g/mol. The molecule has 1 saturated carbocycles. The average Bonchev–Trinajstić information content (AvgIpc) is 3.12. The summed E-state index contributed by atoms with van der Waals surface area (Å²) in [7, 11) is 0. The fraction of sp³-hybridized carbons (Fsp3) is 0.385. The van der Waals surface area contributed by atoms with Crippen molar-refractivity contribution >= 4 is 17.5 Å². The quantitative estimate of drug-likeness (QED) is 0.808. The molecule has 0 spiro atoms. The smallest absolute Gasteiger partial charge is 0.251 e. The Balaban J connectivity index is 1.82. The molecule has 4 nitrogen and oxygen atoms in total. The largest absolute Gasteiger partial charge is 0.349 e. The number of carbonyl (C=O) groups excluding carboxylic acids is 2. The summed E-state index contributed by atoms with van der Waals surface area (Å²) in [4.78, 5) is 23.1. The van der Waals surface area contributed by atoms with Crippen molar-refractivity contribution in [1.82, 2.24) is 5.32 Å². The first-order valence-electron chi connectivity index (χ1n) is 5.96. The molecular weight excluding hydrogens is 216 g/mol. The van der Waals surface area contributed by atoms with Gasteiger partial charge in [0.2, 0.25) is 5.91 Å². The molecule has 1 aromatic carbocycles. The summed E-state index contributed by atoms with van der Waals surface area (Å²) in [6.45, 7) is 0.